The van der Waals surface area contributed by atoms with Crippen LogP contribution in [0, 0.1) is 11.6 Å². The Morgan fingerprint density at radius 1 is 1.37 bits per heavy atom. The average Bonchev–Trinajstić information content (AvgIpc) is 2.31. The molecule has 19 heavy (non-hydrogen) atoms. The van der Waals surface area contributed by atoms with E-state index in [-0.39, 0.29) is 18.8 Å². The van der Waals surface area contributed by atoms with Gasteiger partial charge in [0.2, 0.25) is 0 Å². The van der Waals surface area contributed by atoms with Gasteiger partial charge in [0.1, 0.15) is 11.6 Å². The molecule has 106 valence electrons. The number of halogens is 4. The highest BCUT2D eigenvalue weighted by atomic mass is 19.3. The van der Waals surface area contributed by atoms with Gasteiger partial charge >= 0.3 is 6.03 Å². The molecular formula is C11H13F4N3O. The molecule has 1 rings (SSSR count). The summed E-state index contributed by atoms with van der Waals surface area (Å²) < 4.78 is 50.4. The lowest BCUT2D eigenvalue weighted by Gasteiger charge is -2.22. The highest BCUT2D eigenvalue weighted by Gasteiger charge is 2.18. The van der Waals surface area contributed by atoms with Crippen LogP contribution in [0.5, 0.6) is 0 Å². The quantitative estimate of drug-likeness (QED) is 0.810. The fourth-order valence-corrected chi connectivity index (χ4v) is 1.38. The van der Waals surface area contributed by atoms with Gasteiger partial charge in [-0.05, 0) is 12.1 Å². The Morgan fingerprint density at radius 3 is 2.58 bits per heavy atom. The van der Waals surface area contributed by atoms with Crippen LogP contribution < -0.4 is 11.1 Å². The Balaban J connectivity index is 2.75. The van der Waals surface area contributed by atoms with E-state index in [4.69, 9.17) is 5.73 Å². The molecule has 0 fully saturated rings. The number of nitrogens with one attached hydrogen (secondary N) is 1. The van der Waals surface area contributed by atoms with Crippen molar-refractivity contribution in [3.8, 4) is 0 Å². The molecule has 0 aliphatic heterocycles. The molecular weight excluding hydrogens is 266 g/mol. The number of carbonyl (C=O) groups excluding carboxylic acids is 1. The summed E-state index contributed by atoms with van der Waals surface area (Å²) in [6.45, 7) is -0.920. The Hall–Kier alpha value is -1.83. The Labute approximate surface area is 107 Å². The first kappa shape index (κ1) is 15.2. The number of rotatable bonds is 5. The number of anilines is 1. The van der Waals surface area contributed by atoms with Crippen LogP contribution in [0.15, 0.2) is 18.2 Å². The van der Waals surface area contributed by atoms with E-state index in [1.54, 1.807) is 0 Å². The predicted molar refractivity (Wildman–Crippen MR) is 62.0 cm³/mol. The summed E-state index contributed by atoms with van der Waals surface area (Å²) in [6, 6.07) is 1.61. The number of nitrogens with two attached hydrogens (primary N) is 1. The van der Waals surface area contributed by atoms with E-state index in [2.05, 4.69) is 5.32 Å². The van der Waals surface area contributed by atoms with Crippen LogP contribution in [0.4, 0.5) is 28.0 Å². The number of benzene rings is 1. The van der Waals surface area contributed by atoms with Crippen molar-refractivity contribution in [2.24, 2.45) is 5.73 Å². The number of carbonyl (C=O) groups is 1. The maximum atomic E-state index is 13.3. The molecule has 0 radical (unpaired) electrons. The van der Waals surface area contributed by atoms with Gasteiger partial charge in [0.05, 0.1) is 12.2 Å². The number of nitrogens with zero attached hydrogens (tertiary/aromatic N) is 1. The fourth-order valence-electron chi connectivity index (χ4n) is 1.38. The molecule has 0 aliphatic rings. The second-order valence-electron chi connectivity index (χ2n) is 3.68. The van der Waals surface area contributed by atoms with E-state index in [0.717, 1.165) is 17.0 Å². The van der Waals surface area contributed by atoms with Gasteiger partial charge in [-0.15, -0.1) is 0 Å². The van der Waals surface area contributed by atoms with E-state index in [1.807, 2.05) is 0 Å². The predicted octanol–water partition coefficient (Wildman–Crippen LogP) is 2.02. The maximum absolute atomic E-state index is 13.3. The standard InChI is InChI=1S/C11H13F4N3O/c12-7-1-2-9(8(13)5-7)17-11(19)18(4-3-16)6-10(14)15/h1-2,5,10H,3-4,6,16H2,(H,17,19). The molecule has 0 unspecified atom stereocenters. The molecule has 0 heterocycles. The molecule has 0 aliphatic carbocycles. The summed E-state index contributed by atoms with van der Waals surface area (Å²) >= 11 is 0. The van der Waals surface area contributed by atoms with Gasteiger partial charge in [-0.2, -0.15) is 0 Å². The van der Waals surface area contributed by atoms with E-state index >= 15 is 0 Å². The molecule has 3 N–H and O–H groups in total. The topological polar surface area (TPSA) is 58.4 Å². The largest absolute Gasteiger partial charge is 0.329 e. The number of urea groups is 1. The van der Waals surface area contributed by atoms with Crippen molar-refractivity contribution >= 4 is 11.7 Å². The maximum Gasteiger partial charge on any atom is 0.322 e. The monoisotopic (exact) mass is 279 g/mol. The smallest absolute Gasteiger partial charge is 0.322 e. The number of hydrogen-bond acceptors (Lipinski definition) is 2. The first-order valence-corrected chi connectivity index (χ1v) is 5.43. The van der Waals surface area contributed by atoms with Gasteiger partial charge in [0.25, 0.3) is 6.43 Å². The van der Waals surface area contributed by atoms with Gasteiger partial charge < -0.3 is 16.0 Å². The van der Waals surface area contributed by atoms with Crippen molar-refractivity contribution in [3.05, 3.63) is 29.8 Å². The molecule has 0 atom stereocenters. The van der Waals surface area contributed by atoms with Gasteiger partial charge in [0, 0.05) is 19.2 Å². The van der Waals surface area contributed by atoms with E-state index < -0.39 is 30.6 Å². The van der Waals surface area contributed by atoms with Crippen LogP contribution in [0.3, 0.4) is 0 Å². The third-order valence-electron chi connectivity index (χ3n) is 2.22. The lowest BCUT2D eigenvalue weighted by atomic mass is 10.3. The van der Waals surface area contributed by atoms with Gasteiger partial charge in [-0.1, -0.05) is 0 Å². The van der Waals surface area contributed by atoms with Gasteiger partial charge in [0.15, 0.2) is 0 Å². The molecule has 0 aromatic heterocycles. The van der Waals surface area contributed by atoms with Crippen molar-refractivity contribution in [1.29, 1.82) is 0 Å². The Morgan fingerprint density at radius 2 is 2.05 bits per heavy atom. The number of amides is 2. The minimum atomic E-state index is -2.73. The third-order valence-corrected chi connectivity index (χ3v) is 2.22. The molecule has 0 saturated heterocycles. The Bertz CT molecular complexity index is 442. The first-order chi connectivity index (χ1) is 8.93. The summed E-state index contributed by atoms with van der Waals surface area (Å²) in [5.41, 5.74) is 4.91. The molecule has 1 aromatic rings. The summed E-state index contributed by atoms with van der Waals surface area (Å²) in [7, 11) is 0. The van der Waals surface area contributed by atoms with Crippen molar-refractivity contribution in [3.63, 3.8) is 0 Å². The fraction of sp³-hybridized carbons (Fsp3) is 0.364. The zero-order valence-corrected chi connectivity index (χ0v) is 9.88. The highest BCUT2D eigenvalue weighted by Crippen LogP contribution is 2.15. The van der Waals surface area contributed by atoms with Crippen LogP contribution in [0.25, 0.3) is 0 Å². The lowest BCUT2D eigenvalue weighted by Crippen LogP contribution is -2.41. The normalized spacial score (nSPS) is 10.6. The lowest BCUT2D eigenvalue weighted by molar-refractivity contribution is 0.103. The summed E-state index contributed by atoms with van der Waals surface area (Å²) in [5.74, 6) is -1.79. The molecule has 0 spiro atoms. The molecule has 2 amide bonds. The molecule has 4 nitrogen and oxygen atoms in total. The van der Waals surface area contributed by atoms with Crippen molar-refractivity contribution in [2.45, 2.75) is 6.43 Å². The average molecular weight is 279 g/mol. The van der Waals surface area contributed by atoms with Crippen LogP contribution >= 0.6 is 0 Å². The number of alkyl halides is 2. The minimum absolute atomic E-state index is 0.00790. The summed E-state index contributed by atoms with van der Waals surface area (Å²) in [6.07, 6.45) is -2.73. The van der Waals surface area contributed by atoms with Crippen molar-refractivity contribution < 1.29 is 22.4 Å². The van der Waals surface area contributed by atoms with Crippen LogP contribution in [-0.2, 0) is 0 Å². The van der Waals surface area contributed by atoms with E-state index in [9.17, 15) is 22.4 Å². The zero-order valence-electron chi connectivity index (χ0n) is 9.88. The van der Waals surface area contributed by atoms with E-state index in [1.165, 1.54) is 0 Å². The second-order valence-corrected chi connectivity index (χ2v) is 3.68. The van der Waals surface area contributed by atoms with E-state index in [0.29, 0.717) is 6.07 Å². The zero-order chi connectivity index (χ0) is 14.4. The molecule has 1 aromatic carbocycles. The molecule has 0 bridgehead atoms. The third kappa shape index (κ3) is 4.74. The van der Waals surface area contributed by atoms with Crippen LogP contribution in [0.2, 0.25) is 0 Å². The molecule has 0 saturated carbocycles. The summed E-state index contributed by atoms with van der Waals surface area (Å²) in [5, 5.41) is 2.08. The van der Waals surface area contributed by atoms with Crippen LogP contribution in [-0.4, -0.2) is 37.0 Å². The second kappa shape index (κ2) is 6.93. The Kier molecular flexibility index (Phi) is 5.56. The van der Waals surface area contributed by atoms with Crippen molar-refractivity contribution in [2.75, 3.05) is 25.0 Å². The first-order valence-electron chi connectivity index (χ1n) is 5.43. The highest BCUT2D eigenvalue weighted by molar-refractivity contribution is 5.89. The number of hydrogen-bond donors (Lipinski definition) is 2. The summed E-state index contributed by atoms with van der Waals surface area (Å²) in [4.78, 5) is 12.4. The SMILES string of the molecule is NCCN(CC(F)F)C(=O)Nc1ccc(F)cc1F. The van der Waals surface area contributed by atoms with Gasteiger partial charge in [-0.3, -0.25) is 0 Å². The van der Waals surface area contributed by atoms with Crippen LogP contribution in [0.1, 0.15) is 0 Å². The molecule has 8 heteroatoms. The van der Waals surface area contributed by atoms with Crippen molar-refractivity contribution in [1.82, 2.24) is 4.90 Å². The minimum Gasteiger partial charge on any atom is -0.329 e. The van der Waals surface area contributed by atoms with Gasteiger partial charge in [-0.25, -0.2) is 22.4 Å².